The van der Waals surface area contributed by atoms with Gasteiger partial charge in [-0.15, -0.1) is 0 Å². The van der Waals surface area contributed by atoms with E-state index in [4.69, 9.17) is 0 Å². The molecule has 0 aliphatic rings. The number of hydrogen-bond acceptors (Lipinski definition) is 2. The summed E-state index contributed by atoms with van der Waals surface area (Å²) in [6.45, 7) is -0.775. The zero-order chi connectivity index (χ0) is 13.5. The highest BCUT2D eigenvalue weighted by atomic mass is 79.9. The summed E-state index contributed by atoms with van der Waals surface area (Å²) >= 11 is 3.09. The number of rotatable bonds is 6. The van der Waals surface area contributed by atoms with Crippen LogP contribution in [-0.2, 0) is 9.53 Å². The van der Waals surface area contributed by atoms with Crippen LogP contribution in [0.4, 0.5) is 18.9 Å². The second-order valence-corrected chi connectivity index (χ2v) is 4.24. The summed E-state index contributed by atoms with van der Waals surface area (Å²) in [5.41, 5.74) is 0.412. The normalized spacial score (nSPS) is 10.7. The molecule has 0 saturated heterocycles. The number of amides is 1. The van der Waals surface area contributed by atoms with Crippen LogP contribution in [0.5, 0.6) is 0 Å². The summed E-state index contributed by atoms with van der Waals surface area (Å²) in [7, 11) is 0. The predicted octanol–water partition coefficient (Wildman–Crippen LogP) is 3.20. The molecule has 1 rings (SSSR count). The second-order valence-electron chi connectivity index (χ2n) is 3.39. The Morgan fingerprint density at radius 3 is 2.78 bits per heavy atom. The summed E-state index contributed by atoms with van der Waals surface area (Å²) in [6.07, 6.45) is -2.59. The van der Waals surface area contributed by atoms with Gasteiger partial charge in [0.1, 0.15) is 12.4 Å². The fourth-order valence-electron chi connectivity index (χ4n) is 1.14. The quantitative estimate of drug-likeness (QED) is 0.816. The van der Waals surface area contributed by atoms with Crippen LogP contribution in [-0.4, -0.2) is 25.5 Å². The van der Waals surface area contributed by atoms with Crippen molar-refractivity contribution in [2.24, 2.45) is 0 Å². The third kappa shape index (κ3) is 5.50. The first-order chi connectivity index (χ1) is 8.49. The molecule has 0 aliphatic carbocycles. The fraction of sp³-hybridized carbons (Fsp3) is 0.364. The maximum Gasteiger partial charge on any atom is 0.261 e. The highest BCUT2D eigenvalue weighted by molar-refractivity contribution is 9.10. The average molecular weight is 326 g/mol. The molecule has 0 unspecified atom stereocenters. The molecule has 0 saturated carbocycles. The number of carbonyl (C=O) groups is 1. The summed E-state index contributed by atoms with van der Waals surface area (Å²) in [6, 6.07) is 3.81. The Labute approximate surface area is 110 Å². The Bertz CT molecular complexity index is 415. The SMILES string of the molecule is O=C(CCOCC(F)F)Nc1ccc(F)cc1Br. The zero-order valence-electron chi connectivity index (χ0n) is 9.26. The van der Waals surface area contributed by atoms with E-state index in [2.05, 4.69) is 26.0 Å². The van der Waals surface area contributed by atoms with Gasteiger partial charge in [-0.1, -0.05) is 0 Å². The van der Waals surface area contributed by atoms with Gasteiger partial charge >= 0.3 is 0 Å². The van der Waals surface area contributed by atoms with Crippen LogP contribution >= 0.6 is 15.9 Å². The minimum Gasteiger partial charge on any atom is -0.375 e. The number of halogens is 4. The van der Waals surface area contributed by atoms with Gasteiger partial charge in [-0.05, 0) is 34.1 Å². The number of anilines is 1. The molecular formula is C11H11BrF3NO2. The van der Waals surface area contributed by atoms with E-state index >= 15 is 0 Å². The average Bonchev–Trinajstić information content (AvgIpc) is 2.28. The topological polar surface area (TPSA) is 38.3 Å². The number of hydrogen-bond donors (Lipinski definition) is 1. The largest absolute Gasteiger partial charge is 0.375 e. The highest BCUT2D eigenvalue weighted by Gasteiger charge is 2.07. The van der Waals surface area contributed by atoms with Crippen molar-refractivity contribution < 1.29 is 22.7 Å². The molecular weight excluding hydrogens is 315 g/mol. The molecule has 1 N–H and O–H groups in total. The van der Waals surface area contributed by atoms with Crippen molar-refractivity contribution in [3.8, 4) is 0 Å². The summed E-state index contributed by atoms with van der Waals surface area (Å²) in [4.78, 5) is 11.4. The van der Waals surface area contributed by atoms with E-state index < -0.39 is 24.8 Å². The van der Waals surface area contributed by atoms with Crippen molar-refractivity contribution >= 4 is 27.5 Å². The lowest BCUT2D eigenvalue weighted by molar-refractivity contribution is -0.117. The van der Waals surface area contributed by atoms with Gasteiger partial charge < -0.3 is 10.1 Å². The van der Waals surface area contributed by atoms with Crippen molar-refractivity contribution in [2.45, 2.75) is 12.8 Å². The van der Waals surface area contributed by atoms with Crippen LogP contribution < -0.4 is 5.32 Å². The van der Waals surface area contributed by atoms with Crippen molar-refractivity contribution in [1.29, 1.82) is 0 Å². The van der Waals surface area contributed by atoms with Gasteiger partial charge in [-0.25, -0.2) is 13.2 Å². The lowest BCUT2D eigenvalue weighted by Gasteiger charge is -2.07. The fourth-order valence-corrected chi connectivity index (χ4v) is 1.59. The molecule has 0 atom stereocenters. The van der Waals surface area contributed by atoms with E-state index in [1.807, 2.05) is 0 Å². The van der Waals surface area contributed by atoms with Crippen molar-refractivity contribution in [2.75, 3.05) is 18.5 Å². The van der Waals surface area contributed by atoms with Crippen LogP contribution in [0.2, 0.25) is 0 Å². The van der Waals surface area contributed by atoms with E-state index in [1.54, 1.807) is 0 Å². The third-order valence-electron chi connectivity index (χ3n) is 1.92. The van der Waals surface area contributed by atoms with Gasteiger partial charge in [0.05, 0.1) is 18.7 Å². The molecule has 100 valence electrons. The van der Waals surface area contributed by atoms with Crippen LogP contribution in [0.15, 0.2) is 22.7 Å². The van der Waals surface area contributed by atoms with Crippen LogP contribution in [0, 0.1) is 5.82 Å². The molecule has 0 aliphatic heterocycles. The maximum absolute atomic E-state index is 12.8. The number of carbonyl (C=O) groups excluding carboxylic acids is 1. The number of alkyl halides is 2. The van der Waals surface area contributed by atoms with E-state index in [0.717, 1.165) is 0 Å². The van der Waals surface area contributed by atoms with Gasteiger partial charge in [0, 0.05) is 4.47 Å². The molecule has 1 aromatic carbocycles. The number of benzene rings is 1. The van der Waals surface area contributed by atoms with E-state index in [0.29, 0.717) is 10.2 Å². The lowest BCUT2D eigenvalue weighted by atomic mass is 10.3. The van der Waals surface area contributed by atoms with Gasteiger partial charge in [0.25, 0.3) is 6.43 Å². The second kappa shape index (κ2) is 7.38. The first-order valence-electron chi connectivity index (χ1n) is 5.10. The van der Waals surface area contributed by atoms with Crippen LogP contribution in [0.1, 0.15) is 6.42 Å². The highest BCUT2D eigenvalue weighted by Crippen LogP contribution is 2.23. The minimum absolute atomic E-state index is 0.0451. The molecule has 0 bridgehead atoms. The Morgan fingerprint density at radius 1 is 1.44 bits per heavy atom. The van der Waals surface area contributed by atoms with E-state index in [9.17, 15) is 18.0 Å². The monoisotopic (exact) mass is 325 g/mol. The first-order valence-corrected chi connectivity index (χ1v) is 5.89. The molecule has 0 aromatic heterocycles. The molecule has 7 heteroatoms. The van der Waals surface area contributed by atoms with E-state index in [-0.39, 0.29) is 13.0 Å². The predicted molar refractivity (Wildman–Crippen MR) is 64.2 cm³/mol. The Kier molecular flexibility index (Phi) is 6.14. The number of ether oxygens (including phenoxy) is 1. The van der Waals surface area contributed by atoms with Crippen LogP contribution in [0.25, 0.3) is 0 Å². The van der Waals surface area contributed by atoms with Gasteiger partial charge in [0.2, 0.25) is 5.91 Å². The van der Waals surface area contributed by atoms with Gasteiger partial charge in [-0.3, -0.25) is 4.79 Å². The smallest absolute Gasteiger partial charge is 0.261 e. The molecule has 3 nitrogen and oxygen atoms in total. The summed E-state index contributed by atoms with van der Waals surface area (Å²) in [5.74, 6) is -0.822. The third-order valence-corrected chi connectivity index (χ3v) is 2.58. The van der Waals surface area contributed by atoms with Gasteiger partial charge in [0.15, 0.2) is 0 Å². The molecule has 18 heavy (non-hydrogen) atoms. The Balaban J connectivity index is 2.35. The number of nitrogens with one attached hydrogen (secondary N) is 1. The summed E-state index contributed by atoms with van der Waals surface area (Å²) in [5, 5.41) is 2.51. The Hall–Kier alpha value is -1.08. The van der Waals surface area contributed by atoms with Crippen molar-refractivity contribution in [1.82, 2.24) is 0 Å². The maximum atomic E-state index is 12.8. The van der Waals surface area contributed by atoms with Crippen LogP contribution in [0.3, 0.4) is 0 Å². The zero-order valence-corrected chi connectivity index (χ0v) is 10.8. The molecule has 1 aromatic rings. The van der Waals surface area contributed by atoms with Crippen molar-refractivity contribution in [3.63, 3.8) is 0 Å². The van der Waals surface area contributed by atoms with Crippen molar-refractivity contribution in [3.05, 3.63) is 28.5 Å². The van der Waals surface area contributed by atoms with E-state index in [1.165, 1.54) is 18.2 Å². The standard InChI is InChI=1S/C11H11BrF3NO2/c12-8-5-7(13)1-2-9(8)16-11(17)3-4-18-6-10(14)15/h1-2,5,10H,3-4,6H2,(H,16,17). The lowest BCUT2D eigenvalue weighted by Crippen LogP contribution is -2.16. The molecule has 0 radical (unpaired) electrons. The molecule has 0 spiro atoms. The molecule has 0 heterocycles. The Morgan fingerprint density at radius 2 is 2.17 bits per heavy atom. The molecule has 0 fully saturated rings. The van der Waals surface area contributed by atoms with Gasteiger partial charge in [-0.2, -0.15) is 0 Å². The first kappa shape index (κ1) is 15.0. The molecule has 1 amide bonds. The summed E-state index contributed by atoms with van der Waals surface area (Å²) < 4.78 is 41.2. The minimum atomic E-state index is -2.54.